The second kappa shape index (κ2) is 9.39. The number of hydrogen-bond donors (Lipinski definition) is 1. The molecule has 1 heterocycles. The van der Waals surface area contributed by atoms with Crippen LogP contribution in [0.5, 0.6) is 11.5 Å². The molecule has 2 rings (SSSR count). The second-order valence-corrected chi connectivity index (χ2v) is 5.68. The van der Waals surface area contributed by atoms with E-state index in [2.05, 4.69) is 10.1 Å². The molecule has 1 N–H and O–H groups in total. The fraction of sp³-hybridized carbons (Fsp3) is 0.444. The van der Waals surface area contributed by atoms with Crippen molar-refractivity contribution in [3.05, 3.63) is 47.9 Å². The van der Waals surface area contributed by atoms with Crippen LogP contribution in [-0.2, 0) is 6.54 Å². The monoisotopic (exact) mass is 354 g/mol. The van der Waals surface area contributed by atoms with E-state index in [0.29, 0.717) is 31.0 Å². The van der Waals surface area contributed by atoms with Crippen molar-refractivity contribution in [3.8, 4) is 11.5 Å². The predicted octanol–water partition coefficient (Wildman–Crippen LogP) is 3.67. The Balaban J connectivity index is 2.07. The second-order valence-electron chi connectivity index (χ2n) is 5.68. The Labute approximate surface area is 146 Å². The molecular formula is C18H24F2N2O3. The molecule has 0 saturated carbocycles. The van der Waals surface area contributed by atoms with E-state index < -0.39 is 6.61 Å². The highest BCUT2D eigenvalue weighted by atomic mass is 19.3. The number of alkyl halides is 2. The van der Waals surface area contributed by atoms with Crippen molar-refractivity contribution in [2.24, 2.45) is 0 Å². The van der Waals surface area contributed by atoms with Gasteiger partial charge in [-0.3, -0.25) is 4.90 Å². The molecule has 1 unspecified atom stereocenters. The lowest BCUT2D eigenvalue weighted by Crippen LogP contribution is -2.30. The van der Waals surface area contributed by atoms with Crippen LogP contribution < -0.4 is 14.8 Å². The van der Waals surface area contributed by atoms with Gasteiger partial charge >= 0.3 is 6.61 Å². The van der Waals surface area contributed by atoms with Gasteiger partial charge in [0.1, 0.15) is 5.76 Å². The number of hydrogen-bond acceptors (Lipinski definition) is 5. The topological polar surface area (TPSA) is 46.9 Å². The maximum absolute atomic E-state index is 12.7. The van der Waals surface area contributed by atoms with Crippen molar-refractivity contribution in [1.82, 2.24) is 10.2 Å². The molecular weight excluding hydrogens is 330 g/mol. The largest absolute Gasteiger partial charge is 0.490 e. The van der Waals surface area contributed by atoms with Crippen LogP contribution in [0.2, 0.25) is 0 Å². The molecule has 1 aromatic carbocycles. The van der Waals surface area contributed by atoms with Crippen LogP contribution in [0.25, 0.3) is 0 Å². The fourth-order valence-electron chi connectivity index (χ4n) is 2.55. The smallest absolute Gasteiger partial charge is 0.387 e. The summed E-state index contributed by atoms with van der Waals surface area (Å²) in [6.45, 7) is 0.222. The number of likely N-dealkylation sites (N-methyl/N-ethyl adjacent to an activating group) is 1. The molecule has 1 atom stereocenters. The van der Waals surface area contributed by atoms with Crippen molar-refractivity contribution >= 4 is 0 Å². The third-order valence-electron chi connectivity index (χ3n) is 3.72. The first-order valence-corrected chi connectivity index (χ1v) is 8.13. The van der Waals surface area contributed by atoms with Crippen LogP contribution >= 0.6 is 0 Å². The molecule has 0 fully saturated rings. The Morgan fingerprint density at radius 1 is 1.20 bits per heavy atom. The maximum atomic E-state index is 12.7. The summed E-state index contributed by atoms with van der Waals surface area (Å²) in [5, 5.41) is 3.27. The van der Waals surface area contributed by atoms with Gasteiger partial charge in [-0.15, -0.1) is 0 Å². The van der Waals surface area contributed by atoms with Gasteiger partial charge in [-0.05, 0) is 39.2 Å². The average molecular weight is 354 g/mol. The zero-order valence-electron chi connectivity index (χ0n) is 14.7. The van der Waals surface area contributed by atoms with E-state index in [0.717, 1.165) is 5.76 Å². The van der Waals surface area contributed by atoms with Gasteiger partial charge in [0.15, 0.2) is 11.5 Å². The van der Waals surface area contributed by atoms with Gasteiger partial charge < -0.3 is 19.2 Å². The number of rotatable bonds is 10. The minimum Gasteiger partial charge on any atom is -0.490 e. The molecule has 0 aliphatic rings. The van der Waals surface area contributed by atoms with E-state index in [1.54, 1.807) is 31.4 Å². The van der Waals surface area contributed by atoms with Crippen molar-refractivity contribution < 1.29 is 22.7 Å². The zero-order valence-corrected chi connectivity index (χ0v) is 14.7. The lowest BCUT2D eigenvalue weighted by atomic mass is 10.1. The standard InChI is InChI=1S/C18H24F2N2O3/c1-4-23-16-8-5-7-13(17(16)25-18(19)20)11-21-12-14(22(2)3)15-9-6-10-24-15/h5-10,14,18,21H,4,11-12H2,1-3H3. The third kappa shape index (κ3) is 5.44. The van der Waals surface area contributed by atoms with Crippen molar-refractivity contribution in [1.29, 1.82) is 0 Å². The fourth-order valence-corrected chi connectivity index (χ4v) is 2.55. The highest BCUT2D eigenvalue weighted by Gasteiger charge is 2.18. The summed E-state index contributed by atoms with van der Waals surface area (Å²) in [6.07, 6.45) is 1.63. The Bertz CT molecular complexity index is 633. The van der Waals surface area contributed by atoms with Gasteiger partial charge in [0.2, 0.25) is 0 Å². The zero-order chi connectivity index (χ0) is 18.2. The molecule has 1 aromatic heterocycles. The number of furan rings is 1. The van der Waals surface area contributed by atoms with Crippen LogP contribution in [0.4, 0.5) is 8.78 Å². The first-order valence-electron chi connectivity index (χ1n) is 8.13. The van der Waals surface area contributed by atoms with E-state index in [-0.39, 0.29) is 11.8 Å². The van der Waals surface area contributed by atoms with E-state index >= 15 is 0 Å². The van der Waals surface area contributed by atoms with Crippen LogP contribution in [0, 0.1) is 0 Å². The third-order valence-corrected chi connectivity index (χ3v) is 3.72. The lowest BCUT2D eigenvalue weighted by molar-refractivity contribution is -0.0521. The summed E-state index contributed by atoms with van der Waals surface area (Å²) in [7, 11) is 3.91. The average Bonchev–Trinajstić information content (AvgIpc) is 3.07. The SMILES string of the molecule is CCOc1cccc(CNCC(c2ccco2)N(C)C)c1OC(F)F. The van der Waals surface area contributed by atoms with Crippen LogP contribution in [0.1, 0.15) is 24.3 Å². The molecule has 2 aromatic rings. The number of ether oxygens (including phenoxy) is 2. The molecule has 0 radical (unpaired) electrons. The predicted molar refractivity (Wildman–Crippen MR) is 91.1 cm³/mol. The van der Waals surface area contributed by atoms with Crippen LogP contribution in [-0.4, -0.2) is 38.8 Å². The molecule has 5 nitrogen and oxygen atoms in total. The van der Waals surface area contributed by atoms with Gasteiger partial charge in [0.05, 0.1) is 18.9 Å². The number of nitrogens with zero attached hydrogens (tertiary/aromatic N) is 1. The molecule has 0 bridgehead atoms. The minimum atomic E-state index is -2.90. The molecule has 7 heteroatoms. The lowest BCUT2D eigenvalue weighted by Gasteiger charge is -2.23. The minimum absolute atomic E-state index is 0.0320. The van der Waals surface area contributed by atoms with Gasteiger partial charge in [-0.1, -0.05) is 12.1 Å². The molecule has 0 saturated heterocycles. The van der Waals surface area contributed by atoms with Gasteiger partial charge in [-0.2, -0.15) is 8.78 Å². The summed E-state index contributed by atoms with van der Waals surface area (Å²) < 4.78 is 41.0. The molecule has 138 valence electrons. The van der Waals surface area contributed by atoms with Crippen molar-refractivity contribution in [2.45, 2.75) is 26.1 Å². The summed E-state index contributed by atoms with van der Waals surface area (Å²) in [5.41, 5.74) is 0.614. The number of nitrogens with one attached hydrogen (secondary N) is 1. The number of para-hydroxylation sites is 1. The summed E-state index contributed by atoms with van der Waals surface area (Å²) in [6, 6.07) is 8.90. The number of benzene rings is 1. The Kier molecular flexibility index (Phi) is 7.21. The Morgan fingerprint density at radius 3 is 2.60 bits per heavy atom. The van der Waals surface area contributed by atoms with E-state index in [4.69, 9.17) is 9.15 Å². The quantitative estimate of drug-likeness (QED) is 0.705. The first-order chi connectivity index (χ1) is 12.0. The molecule has 0 spiro atoms. The highest BCUT2D eigenvalue weighted by molar-refractivity contribution is 5.46. The molecule has 0 amide bonds. The summed E-state index contributed by atoms with van der Waals surface area (Å²) in [4.78, 5) is 2.03. The van der Waals surface area contributed by atoms with Crippen LogP contribution in [0.15, 0.2) is 41.0 Å². The first kappa shape index (κ1) is 19.2. The summed E-state index contributed by atoms with van der Waals surface area (Å²) >= 11 is 0. The Hall–Kier alpha value is -2.12. The summed E-state index contributed by atoms with van der Waals surface area (Å²) in [5.74, 6) is 1.23. The van der Waals surface area contributed by atoms with E-state index in [1.807, 2.05) is 31.1 Å². The molecule has 0 aliphatic carbocycles. The van der Waals surface area contributed by atoms with Crippen molar-refractivity contribution in [2.75, 3.05) is 27.2 Å². The normalized spacial score (nSPS) is 12.6. The van der Waals surface area contributed by atoms with E-state index in [1.165, 1.54) is 0 Å². The number of halogens is 2. The van der Waals surface area contributed by atoms with Gasteiger partial charge in [-0.25, -0.2) is 0 Å². The van der Waals surface area contributed by atoms with E-state index in [9.17, 15) is 8.78 Å². The van der Waals surface area contributed by atoms with Crippen molar-refractivity contribution in [3.63, 3.8) is 0 Å². The Morgan fingerprint density at radius 2 is 2.00 bits per heavy atom. The van der Waals surface area contributed by atoms with Crippen LogP contribution in [0.3, 0.4) is 0 Å². The van der Waals surface area contributed by atoms with Gasteiger partial charge in [0, 0.05) is 18.7 Å². The molecule has 0 aliphatic heterocycles. The highest BCUT2D eigenvalue weighted by Crippen LogP contribution is 2.33. The maximum Gasteiger partial charge on any atom is 0.387 e. The van der Waals surface area contributed by atoms with Gasteiger partial charge in [0.25, 0.3) is 0 Å². The molecule has 25 heavy (non-hydrogen) atoms.